The summed E-state index contributed by atoms with van der Waals surface area (Å²) in [6.45, 7) is 0.541. The summed E-state index contributed by atoms with van der Waals surface area (Å²) >= 11 is 1.72. The lowest BCUT2D eigenvalue weighted by Crippen LogP contribution is -2.51. The quantitative estimate of drug-likeness (QED) is 0.326. The summed E-state index contributed by atoms with van der Waals surface area (Å²) in [6.07, 6.45) is 5.29. The highest BCUT2D eigenvalue weighted by Gasteiger charge is 2.32. The number of anilines is 1. The second kappa shape index (κ2) is 10.3. The normalized spacial score (nSPS) is 13.1. The number of carbonyl (C=O) groups is 1. The first-order valence-corrected chi connectivity index (χ1v) is 10.5. The van der Waals surface area contributed by atoms with Gasteiger partial charge in [0, 0.05) is 36.9 Å². The average Bonchev–Trinajstić information content (AvgIpc) is 2.71. The zero-order valence-corrected chi connectivity index (χ0v) is 17.7. The number of benzene rings is 2. The zero-order valence-electron chi connectivity index (χ0n) is 16.9. The number of aryl methyl sites for hydroxylation is 1. The number of nitrogens with two attached hydrogens (primary N) is 1. The molecule has 150 valence electrons. The van der Waals surface area contributed by atoms with E-state index in [-0.39, 0.29) is 10.8 Å². The molecule has 0 bridgehead atoms. The third-order valence-electron chi connectivity index (χ3n) is 5.03. The molecule has 0 fully saturated rings. The van der Waals surface area contributed by atoms with Crippen molar-refractivity contribution < 1.29 is 4.79 Å². The summed E-state index contributed by atoms with van der Waals surface area (Å²) in [4.78, 5) is 14.3. The second-order valence-electron chi connectivity index (χ2n) is 7.09. The van der Waals surface area contributed by atoms with E-state index in [9.17, 15) is 4.79 Å². The summed E-state index contributed by atoms with van der Waals surface area (Å²) < 4.78 is 0. The van der Waals surface area contributed by atoms with Crippen molar-refractivity contribution in [1.29, 1.82) is 5.41 Å². The molecular weight excluding hydrogens is 368 g/mol. The van der Waals surface area contributed by atoms with Crippen molar-refractivity contribution in [3.05, 3.63) is 65.2 Å². The van der Waals surface area contributed by atoms with Crippen molar-refractivity contribution in [2.24, 2.45) is 0 Å². The molecule has 28 heavy (non-hydrogen) atoms. The minimum absolute atomic E-state index is 0.0571. The molecule has 5 nitrogen and oxygen atoms in total. The maximum absolute atomic E-state index is 12.4. The Morgan fingerprint density at radius 3 is 2.54 bits per heavy atom. The molecule has 0 saturated carbocycles. The maximum Gasteiger partial charge on any atom is 0.220 e. The van der Waals surface area contributed by atoms with Crippen LogP contribution in [0.5, 0.6) is 0 Å². The molecule has 0 aromatic heterocycles. The first kappa shape index (κ1) is 22.0. The van der Waals surface area contributed by atoms with E-state index in [4.69, 9.17) is 11.1 Å². The number of rotatable bonds is 10. The van der Waals surface area contributed by atoms with E-state index < -0.39 is 0 Å². The fourth-order valence-electron chi connectivity index (χ4n) is 3.11. The van der Waals surface area contributed by atoms with Gasteiger partial charge >= 0.3 is 0 Å². The minimum Gasteiger partial charge on any atom is -0.398 e. The van der Waals surface area contributed by atoms with E-state index in [0.29, 0.717) is 18.7 Å². The molecule has 0 spiro atoms. The highest BCUT2D eigenvalue weighted by atomic mass is 32.2. The van der Waals surface area contributed by atoms with Crippen LogP contribution in [0.1, 0.15) is 23.1 Å². The number of nitrogens with zero attached hydrogens (tertiary/aromatic N) is 1. The molecule has 0 aliphatic rings. The third kappa shape index (κ3) is 5.84. The Kier molecular flexibility index (Phi) is 8.08. The first-order chi connectivity index (χ1) is 13.4. The summed E-state index contributed by atoms with van der Waals surface area (Å²) in [6, 6.07) is 15.8. The summed E-state index contributed by atoms with van der Waals surface area (Å²) in [5.74, 6) is 0.0571. The number of nitrogen functional groups attached to an aromatic ring is 1. The van der Waals surface area contributed by atoms with Gasteiger partial charge in [-0.25, -0.2) is 0 Å². The SMILES string of the molecule is CSC(CNC(=O)CCc1ccccc1)(Cc1ccc(N)c(C=N)c1)N(C)C. The minimum atomic E-state index is -0.280. The van der Waals surface area contributed by atoms with Gasteiger partial charge in [-0.3, -0.25) is 9.69 Å². The molecule has 2 aromatic rings. The fourth-order valence-corrected chi connectivity index (χ4v) is 4.00. The lowest BCUT2D eigenvalue weighted by atomic mass is 10.0. The van der Waals surface area contributed by atoms with E-state index >= 15 is 0 Å². The maximum atomic E-state index is 12.4. The Bertz CT molecular complexity index is 794. The Morgan fingerprint density at radius 2 is 1.93 bits per heavy atom. The molecule has 0 heterocycles. The number of thioether (sulfide) groups is 1. The molecule has 0 aliphatic carbocycles. The predicted molar refractivity (Wildman–Crippen MR) is 120 cm³/mol. The Balaban J connectivity index is 2.03. The second-order valence-corrected chi connectivity index (χ2v) is 8.26. The number of hydrogen-bond acceptors (Lipinski definition) is 5. The summed E-state index contributed by atoms with van der Waals surface area (Å²) in [7, 11) is 4.06. The van der Waals surface area contributed by atoms with E-state index in [1.807, 2.05) is 62.6 Å². The lowest BCUT2D eigenvalue weighted by molar-refractivity contribution is -0.121. The van der Waals surface area contributed by atoms with Gasteiger partial charge in [-0.2, -0.15) is 0 Å². The molecule has 0 radical (unpaired) electrons. The van der Waals surface area contributed by atoms with Crippen LogP contribution in [0, 0.1) is 5.41 Å². The van der Waals surface area contributed by atoms with Gasteiger partial charge in [-0.1, -0.05) is 36.4 Å². The van der Waals surface area contributed by atoms with Gasteiger partial charge in [0.1, 0.15) is 0 Å². The predicted octanol–water partition coefficient (Wildman–Crippen LogP) is 3.18. The van der Waals surface area contributed by atoms with E-state index in [2.05, 4.69) is 16.5 Å². The average molecular weight is 399 g/mol. The van der Waals surface area contributed by atoms with Crippen LogP contribution in [-0.2, 0) is 17.6 Å². The fraction of sp³-hybridized carbons (Fsp3) is 0.364. The van der Waals surface area contributed by atoms with Crippen LogP contribution in [0.4, 0.5) is 5.69 Å². The van der Waals surface area contributed by atoms with Crippen molar-refractivity contribution in [2.75, 3.05) is 32.6 Å². The van der Waals surface area contributed by atoms with Gasteiger partial charge < -0.3 is 16.5 Å². The van der Waals surface area contributed by atoms with E-state index in [1.54, 1.807) is 11.8 Å². The highest BCUT2D eigenvalue weighted by Crippen LogP contribution is 2.30. The van der Waals surface area contributed by atoms with Crippen molar-refractivity contribution in [3.8, 4) is 0 Å². The Morgan fingerprint density at radius 1 is 1.21 bits per heavy atom. The lowest BCUT2D eigenvalue weighted by Gasteiger charge is -2.39. The smallest absolute Gasteiger partial charge is 0.220 e. The van der Waals surface area contributed by atoms with Gasteiger partial charge in [0.25, 0.3) is 0 Å². The van der Waals surface area contributed by atoms with E-state index in [1.165, 1.54) is 11.8 Å². The van der Waals surface area contributed by atoms with Crippen molar-refractivity contribution in [2.45, 2.75) is 24.1 Å². The Labute approximate surface area is 172 Å². The molecule has 1 amide bonds. The molecule has 1 unspecified atom stereocenters. The third-order valence-corrected chi connectivity index (χ3v) is 6.44. The zero-order chi connectivity index (χ0) is 20.6. The summed E-state index contributed by atoms with van der Waals surface area (Å²) in [5, 5.41) is 10.6. The van der Waals surface area contributed by atoms with Gasteiger partial charge in [0.15, 0.2) is 0 Å². The van der Waals surface area contributed by atoms with Gasteiger partial charge in [0.2, 0.25) is 5.91 Å². The summed E-state index contributed by atoms with van der Waals surface area (Å²) in [5.41, 5.74) is 9.50. The highest BCUT2D eigenvalue weighted by molar-refractivity contribution is 7.99. The molecule has 6 heteroatoms. The van der Waals surface area contributed by atoms with Crippen LogP contribution >= 0.6 is 11.8 Å². The number of likely N-dealkylation sites (N-methyl/N-ethyl adjacent to an activating group) is 1. The van der Waals surface area contributed by atoms with Crippen molar-refractivity contribution in [3.63, 3.8) is 0 Å². The van der Waals surface area contributed by atoms with Crippen LogP contribution in [0.15, 0.2) is 48.5 Å². The van der Waals surface area contributed by atoms with E-state index in [0.717, 1.165) is 24.0 Å². The van der Waals surface area contributed by atoms with Crippen LogP contribution in [-0.4, -0.2) is 48.8 Å². The van der Waals surface area contributed by atoms with Gasteiger partial charge in [-0.15, -0.1) is 11.8 Å². The molecule has 1 atom stereocenters. The molecule has 0 saturated heterocycles. The van der Waals surface area contributed by atoms with Crippen LogP contribution in [0.25, 0.3) is 0 Å². The van der Waals surface area contributed by atoms with Crippen LogP contribution in [0.3, 0.4) is 0 Å². The first-order valence-electron chi connectivity index (χ1n) is 9.32. The monoisotopic (exact) mass is 398 g/mol. The topological polar surface area (TPSA) is 82.2 Å². The van der Waals surface area contributed by atoms with Crippen LogP contribution < -0.4 is 11.1 Å². The van der Waals surface area contributed by atoms with Gasteiger partial charge in [0.05, 0.1) is 4.87 Å². The number of amides is 1. The van der Waals surface area contributed by atoms with Crippen molar-refractivity contribution >= 4 is 29.6 Å². The largest absolute Gasteiger partial charge is 0.398 e. The number of nitrogens with one attached hydrogen (secondary N) is 2. The molecule has 4 N–H and O–H groups in total. The van der Waals surface area contributed by atoms with Gasteiger partial charge in [-0.05, 0) is 50.0 Å². The number of carbonyl (C=O) groups excluding carboxylic acids is 1. The Hall–Kier alpha value is -2.31. The standard InChI is InChI=1S/C22H30N4OS/c1-26(2)22(28-3,14-18-9-11-20(24)19(13-18)15-23)16-25-21(27)12-10-17-7-5-4-6-8-17/h4-9,11,13,15,23H,10,12,14,16,24H2,1-3H3,(H,25,27). The number of hydrogen-bond donors (Lipinski definition) is 3. The van der Waals surface area contributed by atoms with Crippen LogP contribution in [0.2, 0.25) is 0 Å². The molecule has 2 rings (SSSR count). The molecule has 2 aromatic carbocycles. The molecular formula is C22H30N4OS. The molecule has 0 aliphatic heterocycles. The van der Waals surface area contributed by atoms with Crippen molar-refractivity contribution in [1.82, 2.24) is 10.2 Å².